The Hall–Kier alpha value is -9.10. The lowest BCUT2D eigenvalue weighted by Gasteiger charge is -2.35. The number of benzene rings is 4. The van der Waals surface area contributed by atoms with Crippen LogP contribution >= 0.6 is 0 Å². The number of nitrogens with zero attached hydrogens (tertiary/aromatic N) is 11. The van der Waals surface area contributed by atoms with E-state index < -0.39 is 38.2 Å². The zero-order valence-corrected chi connectivity index (χ0v) is 65.2. The van der Waals surface area contributed by atoms with E-state index in [0.29, 0.717) is 60.3 Å². The molecule has 8 aromatic rings. The molecule has 14 rings (SSSR count). The molecule has 2 aliphatic carbocycles. The van der Waals surface area contributed by atoms with Crippen LogP contribution in [0, 0.1) is 0 Å². The fourth-order valence-corrected chi connectivity index (χ4v) is 16.9. The second-order valence-electron chi connectivity index (χ2n) is 29.9. The van der Waals surface area contributed by atoms with Crippen molar-refractivity contribution < 1.29 is 60.1 Å². The van der Waals surface area contributed by atoms with Gasteiger partial charge in [-0.05, 0) is 188 Å². The Morgan fingerprint density at radius 2 is 0.953 bits per heavy atom. The molecule has 4 aromatic carbocycles. The van der Waals surface area contributed by atoms with E-state index in [0.717, 1.165) is 134 Å². The highest BCUT2D eigenvalue weighted by molar-refractivity contribution is 7.88. The molecule has 3 amide bonds. The number of hydrogen-bond acceptors (Lipinski definition) is 17. The van der Waals surface area contributed by atoms with E-state index >= 15 is 0 Å². The predicted molar refractivity (Wildman–Crippen MR) is 412 cm³/mol. The fraction of sp³-hybridized carbons (Fsp3) is 0.487. The average Bonchev–Trinajstić information content (AvgIpc) is 1.59. The molecule has 2 saturated carbocycles. The smallest absolute Gasteiger partial charge is 0.358 e. The van der Waals surface area contributed by atoms with E-state index in [-0.39, 0.29) is 71.1 Å². The topological polar surface area (TPSA) is 311 Å². The molecule has 4 N–H and O–H groups in total. The number of fused-ring (bicyclic) bond motifs is 10. The Kier molecular flexibility index (Phi) is 23.2. The Bertz CT molecular complexity index is 5000. The number of nitrogens with one attached hydrogen (secondary N) is 3. The molecule has 29 heteroatoms. The third-order valence-electron chi connectivity index (χ3n) is 20.9. The summed E-state index contributed by atoms with van der Waals surface area (Å²) in [5.41, 5.74) is 12.8. The lowest BCUT2D eigenvalue weighted by Crippen LogP contribution is -2.48. The van der Waals surface area contributed by atoms with Gasteiger partial charge in [0.25, 0.3) is 17.7 Å². The number of carboxylic acids is 1. The first-order valence-electron chi connectivity index (χ1n) is 37.0. The summed E-state index contributed by atoms with van der Waals surface area (Å²) in [6, 6.07) is 22.4. The molecule has 8 heterocycles. The first-order valence-corrected chi connectivity index (χ1v) is 39.9. The van der Waals surface area contributed by atoms with Crippen molar-refractivity contribution in [1.29, 1.82) is 0 Å². The number of carboxylic acid groups (broad SMARTS) is 1. The van der Waals surface area contributed by atoms with Gasteiger partial charge in [-0.2, -0.15) is 25.4 Å². The van der Waals surface area contributed by atoms with E-state index in [2.05, 4.69) is 70.5 Å². The van der Waals surface area contributed by atoms with Gasteiger partial charge in [0.05, 0.1) is 68.8 Å². The number of rotatable bonds is 16. The van der Waals surface area contributed by atoms with Crippen molar-refractivity contribution in [3.63, 3.8) is 0 Å². The van der Waals surface area contributed by atoms with Crippen LogP contribution in [0.3, 0.4) is 0 Å². The largest absolute Gasteiger partial charge is 0.497 e. The van der Waals surface area contributed by atoms with Crippen molar-refractivity contribution >= 4 is 89.2 Å². The van der Waals surface area contributed by atoms with Gasteiger partial charge in [0.2, 0.25) is 0 Å². The third kappa shape index (κ3) is 16.1. The lowest BCUT2D eigenvalue weighted by atomic mass is 9.81. The summed E-state index contributed by atoms with van der Waals surface area (Å²) in [5, 5.41) is 32.7. The summed E-state index contributed by atoms with van der Waals surface area (Å²) < 4.78 is 87.1. The molecule has 4 atom stereocenters. The van der Waals surface area contributed by atoms with Crippen molar-refractivity contribution in [2.75, 3.05) is 68.6 Å². The van der Waals surface area contributed by atoms with Gasteiger partial charge in [-0.3, -0.25) is 14.4 Å². The molecule has 4 fully saturated rings. The number of aromatic nitrogens is 8. The minimum atomic E-state index is -4.02. The van der Waals surface area contributed by atoms with Crippen LogP contribution < -0.4 is 24.2 Å². The molecule has 0 bridgehead atoms. The van der Waals surface area contributed by atoms with E-state index in [1.165, 1.54) is 52.2 Å². The molecule has 4 aliphatic heterocycles. The van der Waals surface area contributed by atoms with Crippen LogP contribution in [-0.4, -0.2) is 191 Å². The van der Waals surface area contributed by atoms with Crippen LogP contribution in [0.5, 0.6) is 11.5 Å². The van der Waals surface area contributed by atoms with Crippen molar-refractivity contribution in [2.45, 2.75) is 181 Å². The highest BCUT2D eigenvalue weighted by Gasteiger charge is 2.38. The van der Waals surface area contributed by atoms with E-state index in [4.69, 9.17) is 18.9 Å². The zero-order valence-electron chi connectivity index (χ0n) is 63.6. The average molecular weight is 1510 g/mol. The Morgan fingerprint density at radius 3 is 1.33 bits per heavy atom. The normalized spacial score (nSPS) is 19.3. The highest BCUT2D eigenvalue weighted by atomic mass is 32.2. The van der Waals surface area contributed by atoms with Gasteiger partial charge in [0, 0.05) is 122 Å². The summed E-state index contributed by atoms with van der Waals surface area (Å²) in [4.78, 5) is 55.4. The fourth-order valence-electron chi connectivity index (χ4n) is 15.9. The van der Waals surface area contributed by atoms with Crippen molar-refractivity contribution in [2.24, 2.45) is 0 Å². The third-order valence-corrected chi connectivity index (χ3v) is 23.7. The maximum absolute atomic E-state index is 14.4. The molecule has 2 saturated heterocycles. The number of morpholine rings is 2. The summed E-state index contributed by atoms with van der Waals surface area (Å²) >= 11 is 0. The summed E-state index contributed by atoms with van der Waals surface area (Å²) in [6.07, 6.45) is 15.6. The first kappa shape index (κ1) is 77.5. The van der Waals surface area contributed by atoms with E-state index in [1.54, 1.807) is 48.1 Å². The summed E-state index contributed by atoms with van der Waals surface area (Å²) in [5.74, 6) is -0.913. The minimum absolute atomic E-state index is 0.108. The van der Waals surface area contributed by atoms with Gasteiger partial charge in [-0.1, -0.05) is 61.1 Å². The molecule has 0 spiro atoms. The summed E-state index contributed by atoms with van der Waals surface area (Å²) in [6.45, 7) is 19.5. The van der Waals surface area contributed by atoms with Crippen molar-refractivity contribution in [3.05, 3.63) is 129 Å². The van der Waals surface area contributed by atoms with Crippen LogP contribution in [-0.2, 0) is 43.0 Å². The number of amides is 3. The van der Waals surface area contributed by atoms with Gasteiger partial charge in [0.1, 0.15) is 17.2 Å². The highest BCUT2D eigenvalue weighted by Crippen LogP contribution is 2.51. The molecular formula is C78H100N14O13S2. The first-order chi connectivity index (χ1) is 51.0. The number of methoxy groups -OCH3 is 2. The number of carbonyl (C=O) groups excluding carboxylic acids is 3. The maximum atomic E-state index is 14.4. The van der Waals surface area contributed by atoms with Gasteiger partial charge >= 0.3 is 26.4 Å². The molecule has 107 heavy (non-hydrogen) atoms. The van der Waals surface area contributed by atoms with Crippen LogP contribution in [0.15, 0.2) is 72.8 Å². The molecule has 0 unspecified atom stereocenters. The molecule has 0 radical (unpaired) electrons. The van der Waals surface area contributed by atoms with Gasteiger partial charge in [-0.15, -0.1) is 10.2 Å². The van der Waals surface area contributed by atoms with Crippen LogP contribution in [0.1, 0.15) is 219 Å². The van der Waals surface area contributed by atoms with Gasteiger partial charge in [-0.25, -0.2) is 23.6 Å². The minimum Gasteiger partial charge on any atom is -0.497 e. The SMILES string of the molecule is COc1ccc2c(c1)C=C(c1c(C(=O)N3C[C@@H](C)O[C@@H](C)C3)nnn1C(C)C)Cn1c-2c(C2CCCCC2)c2ccc(C(=O)NS(=O)(=O)N(C)C)cc21.COc1ccc2c(c1)C=C(c1c(C(=O)O)nnn1C(C)C)Cn1c-2c(C2CCCCC2)c2ccc(C(=O)NS(=O)(=O)N(C)C)cc21.C[C@@H]1CNC[C@H](C)O1. The quantitative estimate of drug-likeness (QED) is 0.0698. The zero-order chi connectivity index (χ0) is 76.7. The number of hydrogen-bond donors (Lipinski definition) is 4. The Labute approximate surface area is 626 Å². The van der Waals surface area contributed by atoms with E-state index in [9.17, 15) is 41.1 Å². The maximum Gasteiger partial charge on any atom is 0.358 e. The monoisotopic (exact) mass is 1500 g/mol. The lowest BCUT2D eigenvalue weighted by molar-refractivity contribution is -0.0587. The van der Waals surface area contributed by atoms with Crippen molar-refractivity contribution in [1.82, 2.24) is 67.4 Å². The standard InChI is InChI=1S/C39H49N7O6S.C33H38N6O6S.C6H13NO/c1-23(2)46-36(35(40-42-46)39(48)44-20-24(3)52-25(4)21-44)29-17-28-18-30(51-7)14-16-31(28)37-34(26-11-9-8-10-12-26)32-15-13-27(19-33(32)45(37)22-29)38(47)41-53(49,50)43(5)6;1-19(2)39-30(29(33(41)42)34-36-39)23-15-22-16-24(45-5)12-14-25(22)31-28(20-9-7-6-8-10-20)26-13-11-21(17-27(26)38(31)18-23)32(40)35-46(43,44)37(3)4;1-5-3-7-4-6(2)8-5/h13-19,23-26H,8-12,20-22H2,1-7H3,(H,41,47);11-17,19-20H,6-10,18H2,1-5H3,(H,35,40)(H,41,42);5-7H,3-4H2,1-2H3/t24-,25+;;5-,6+. The molecule has 4 aromatic heterocycles. The molecule has 27 nitrogen and oxygen atoms in total. The van der Waals surface area contributed by atoms with Gasteiger partial charge in [0.15, 0.2) is 11.4 Å². The Morgan fingerprint density at radius 1 is 0.551 bits per heavy atom. The van der Waals surface area contributed by atoms with Gasteiger partial charge < -0.3 is 43.4 Å². The van der Waals surface area contributed by atoms with Crippen molar-refractivity contribution in [3.8, 4) is 34.0 Å². The van der Waals surface area contributed by atoms with Crippen LogP contribution in [0.25, 0.3) is 67.6 Å². The number of ether oxygens (including phenoxy) is 4. The number of aromatic carboxylic acids is 1. The summed E-state index contributed by atoms with van der Waals surface area (Å²) in [7, 11) is 0.680. The molecule has 572 valence electrons. The van der Waals surface area contributed by atoms with E-state index in [1.807, 2.05) is 94.8 Å². The number of allylic oxidation sites excluding steroid dienone is 2. The predicted octanol–water partition coefficient (Wildman–Crippen LogP) is 11.6. The second kappa shape index (κ2) is 32.0. The van der Waals surface area contributed by atoms with Crippen LogP contribution in [0.4, 0.5) is 0 Å². The Balaban J connectivity index is 0.000000182. The molecule has 6 aliphatic rings. The second-order valence-corrected chi connectivity index (χ2v) is 33.6. The molecular weight excluding hydrogens is 1410 g/mol. The van der Waals surface area contributed by atoms with Crippen LogP contribution in [0.2, 0.25) is 0 Å². The number of carbonyl (C=O) groups is 4.